The van der Waals surface area contributed by atoms with Gasteiger partial charge < -0.3 is 4.74 Å². The Morgan fingerprint density at radius 3 is 2.68 bits per heavy atom. The fourth-order valence-electron chi connectivity index (χ4n) is 1.62. The van der Waals surface area contributed by atoms with Crippen LogP contribution in [0.2, 0.25) is 0 Å². The lowest BCUT2D eigenvalue weighted by Crippen LogP contribution is -2.35. The second kappa shape index (κ2) is 5.46. The van der Waals surface area contributed by atoms with E-state index in [9.17, 15) is 18.0 Å². The molecule has 1 heterocycles. The molecule has 1 aromatic heterocycles. The van der Waals surface area contributed by atoms with E-state index in [1.54, 1.807) is 24.4 Å². The maximum Gasteiger partial charge on any atom is 0.422 e. The SMILES string of the molecule is O=C(OCC(F)(F)F)N(Cc1ccccn1)C1CC1. The Balaban J connectivity index is 1.94. The first kappa shape index (κ1) is 13.6. The Hall–Kier alpha value is -1.79. The van der Waals surface area contributed by atoms with Gasteiger partial charge in [-0.2, -0.15) is 13.2 Å². The monoisotopic (exact) mass is 274 g/mol. The van der Waals surface area contributed by atoms with Crippen LogP contribution in [0, 0.1) is 0 Å². The average molecular weight is 274 g/mol. The molecule has 1 amide bonds. The van der Waals surface area contributed by atoms with E-state index >= 15 is 0 Å². The summed E-state index contributed by atoms with van der Waals surface area (Å²) >= 11 is 0. The molecule has 19 heavy (non-hydrogen) atoms. The molecule has 0 N–H and O–H groups in total. The summed E-state index contributed by atoms with van der Waals surface area (Å²) in [6, 6.07) is 5.16. The number of carbonyl (C=O) groups excluding carboxylic acids is 1. The molecule has 4 nitrogen and oxygen atoms in total. The summed E-state index contributed by atoms with van der Waals surface area (Å²) in [5, 5.41) is 0. The van der Waals surface area contributed by atoms with Crippen molar-refractivity contribution in [1.82, 2.24) is 9.88 Å². The smallest absolute Gasteiger partial charge is 0.422 e. The fraction of sp³-hybridized carbons (Fsp3) is 0.500. The maximum atomic E-state index is 12.0. The Bertz CT molecular complexity index is 432. The van der Waals surface area contributed by atoms with Crippen LogP contribution in [0.15, 0.2) is 24.4 Å². The predicted octanol–water partition coefficient (Wildman–Crippen LogP) is 2.74. The number of carbonyl (C=O) groups is 1. The van der Waals surface area contributed by atoms with Gasteiger partial charge in [0.2, 0.25) is 0 Å². The molecule has 1 fully saturated rings. The largest absolute Gasteiger partial charge is 0.440 e. The van der Waals surface area contributed by atoms with Gasteiger partial charge in [0.05, 0.1) is 12.2 Å². The zero-order valence-corrected chi connectivity index (χ0v) is 10.1. The lowest BCUT2D eigenvalue weighted by atomic mass is 10.3. The van der Waals surface area contributed by atoms with Crippen molar-refractivity contribution in [3.8, 4) is 0 Å². The minimum Gasteiger partial charge on any atom is -0.440 e. The highest BCUT2D eigenvalue weighted by molar-refractivity contribution is 5.68. The molecule has 0 aromatic carbocycles. The number of rotatable bonds is 4. The standard InChI is InChI=1S/C12H13F3N2O2/c13-12(14,15)8-19-11(18)17(10-4-5-10)7-9-3-1-2-6-16-9/h1-3,6,10H,4-5,7-8H2. The maximum absolute atomic E-state index is 12.0. The number of nitrogens with zero attached hydrogens (tertiary/aromatic N) is 2. The molecule has 2 rings (SSSR count). The molecular formula is C12H13F3N2O2. The molecule has 0 bridgehead atoms. The predicted molar refractivity (Wildman–Crippen MR) is 60.2 cm³/mol. The minimum absolute atomic E-state index is 0.0391. The normalized spacial score (nSPS) is 15.1. The van der Waals surface area contributed by atoms with Gasteiger partial charge in [-0.25, -0.2) is 4.79 Å². The molecule has 1 aliphatic carbocycles. The van der Waals surface area contributed by atoms with Gasteiger partial charge >= 0.3 is 12.3 Å². The highest BCUT2D eigenvalue weighted by Gasteiger charge is 2.36. The molecule has 0 atom stereocenters. The van der Waals surface area contributed by atoms with Crippen LogP contribution in [0.5, 0.6) is 0 Å². The summed E-state index contributed by atoms with van der Waals surface area (Å²) in [4.78, 5) is 17.0. The van der Waals surface area contributed by atoms with Gasteiger partial charge in [0.15, 0.2) is 6.61 Å². The van der Waals surface area contributed by atoms with Crippen LogP contribution < -0.4 is 0 Å². The number of aromatic nitrogens is 1. The van der Waals surface area contributed by atoms with Crippen LogP contribution in [0.3, 0.4) is 0 Å². The number of amides is 1. The molecule has 0 spiro atoms. The van der Waals surface area contributed by atoms with Gasteiger partial charge in [-0.3, -0.25) is 9.88 Å². The zero-order chi connectivity index (χ0) is 13.9. The number of hydrogen-bond donors (Lipinski definition) is 0. The van der Waals surface area contributed by atoms with Crippen molar-refractivity contribution in [3.05, 3.63) is 30.1 Å². The van der Waals surface area contributed by atoms with E-state index in [-0.39, 0.29) is 12.6 Å². The highest BCUT2D eigenvalue weighted by atomic mass is 19.4. The van der Waals surface area contributed by atoms with E-state index in [0.29, 0.717) is 5.69 Å². The summed E-state index contributed by atoms with van der Waals surface area (Å²) in [5.74, 6) is 0. The number of alkyl halides is 3. The Kier molecular flexibility index (Phi) is 3.92. The van der Waals surface area contributed by atoms with Gasteiger partial charge in [-0.1, -0.05) is 6.07 Å². The minimum atomic E-state index is -4.50. The topological polar surface area (TPSA) is 42.4 Å². The van der Waals surface area contributed by atoms with Crippen LogP contribution in [-0.4, -0.2) is 34.8 Å². The Morgan fingerprint density at radius 1 is 1.42 bits per heavy atom. The number of pyridine rings is 1. The lowest BCUT2D eigenvalue weighted by molar-refractivity contribution is -0.162. The third-order valence-corrected chi connectivity index (χ3v) is 2.64. The first-order chi connectivity index (χ1) is 8.96. The first-order valence-electron chi connectivity index (χ1n) is 5.86. The molecule has 0 radical (unpaired) electrons. The molecule has 1 aliphatic rings. The Labute approximate surface area is 108 Å². The summed E-state index contributed by atoms with van der Waals surface area (Å²) in [7, 11) is 0. The molecule has 0 aliphatic heterocycles. The summed E-state index contributed by atoms with van der Waals surface area (Å²) in [5.41, 5.74) is 0.623. The molecule has 0 saturated heterocycles. The van der Waals surface area contributed by atoms with Crippen LogP contribution in [0.25, 0.3) is 0 Å². The van der Waals surface area contributed by atoms with E-state index in [4.69, 9.17) is 0 Å². The van der Waals surface area contributed by atoms with Crippen molar-refractivity contribution in [2.45, 2.75) is 31.6 Å². The molecule has 7 heteroatoms. The summed E-state index contributed by atoms with van der Waals surface area (Å²) < 4.78 is 40.3. The lowest BCUT2D eigenvalue weighted by Gasteiger charge is -2.21. The second-order valence-corrected chi connectivity index (χ2v) is 4.35. The van der Waals surface area contributed by atoms with Crippen molar-refractivity contribution < 1.29 is 22.7 Å². The highest BCUT2D eigenvalue weighted by Crippen LogP contribution is 2.29. The van der Waals surface area contributed by atoms with Crippen molar-refractivity contribution >= 4 is 6.09 Å². The van der Waals surface area contributed by atoms with Crippen LogP contribution in [0.4, 0.5) is 18.0 Å². The first-order valence-corrected chi connectivity index (χ1v) is 5.86. The quantitative estimate of drug-likeness (QED) is 0.847. The van der Waals surface area contributed by atoms with E-state index in [2.05, 4.69) is 9.72 Å². The fourth-order valence-corrected chi connectivity index (χ4v) is 1.62. The van der Waals surface area contributed by atoms with Crippen molar-refractivity contribution in [3.63, 3.8) is 0 Å². The van der Waals surface area contributed by atoms with Crippen LogP contribution in [-0.2, 0) is 11.3 Å². The number of halogens is 3. The van der Waals surface area contributed by atoms with Crippen molar-refractivity contribution in [2.75, 3.05) is 6.61 Å². The van der Waals surface area contributed by atoms with Gasteiger partial charge in [0, 0.05) is 12.2 Å². The van der Waals surface area contributed by atoms with Crippen LogP contribution >= 0.6 is 0 Å². The van der Waals surface area contributed by atoms with Gasteiger partial charge in [-0.05, 0) is 25.0 Å². The number of hydrogen-bond acceptors (Lipinski definition) is 3. The molecule has 1 aromatic rings. The van der Waals surface area contributed by atoms with E-state index in [1.165, 1.54) is 4.90 Å². The van der Waals surface area contributed by atoms with Crippen molar-refractivity contribution in [1.29, 1.82) is 0 Å². The van der Waals surface area contributed by atoms with E-state index < -0.39 is 18.9 Å². The average Bonchev–Trinajstić information content (AvgIpc) is 3.18. The van der Waals surface area contributed by atoms with Crippen LogP contribution in [0.1, 0.15) is 18.5 Å². The summed E-state index contributed by atoms with van der Waals surface area (Å²) in [6.45, 7) is -1.39. The molecule has 104 valence electrons. The van der Waals surface area contributed by atoms with Crippen molar-refractivity contribution in [2.24, 2.45) is 0 Å². The third kappa shape index (κ3) is 4.42. The van der Waals surface area contributed by atoms with Gasteiger partial charge in [-0.15, -0.1) is 0 Å². The Morgan fingerprint density at radius 2 is 2.16 bits per heavy atom. The molecule has 1 saturated carbocycles. The summed E-state index contributed by atoms with van der Waals surface area (Å²) in [6.07, 6.45) is -2.30. The van der Waals surface area contributed by atoms with E-state index in [0.717, 1.165) is 12.8 Å². The third-order valence-electron chi connectivity index (χ3n) is 2.64. The molecule has 0 unspecified atom stereocenters. The van der Waals surface area contributed by atoms with Gasteiger partial charge in [0.1, 0.15) is 0 Å². The second-order valence-electron chi connectivity index (χ2n) is 4.35. The number of ether oxygens (including phenoxy) is 1. The van der Waals surface area contributed by atoms with Gasteiger partial charge in [0.25, 0.3) is 0 Å². The zero-order valence-electron chi connectivity index (χ0n) is 10.1. The van der Waals surface area contributed by atoms with E-state index in [1.807, 2.05) is 0 Å². The molecular weight excluding hydrogens is 261 g/mol.